The third kappa shape index (κ3) is 3.14. The number of aromatic nitrogens is 2. The first kappa shape index (κ1) is 17.2. The first-order valence-electron chi connectivity index (χ1n) is 9.16. The van der Waals surface area contributed by atoms with Gasteiger partial charge in [0, 0.05) is 17.0 Å². The minimum Gasteiger partial charge on any atom is -0.467 e. The van der Waals surface area contributed by atoms with Gasteiger partial charge in [-0.3, -0.25) is 9.89 Å². The molecular formula is C23H16FN3O2. The van der Waals surface area contributed by atoms with E-state index in [0.717, 1.165) is 16.3 Å². The Morgan fingerprint density at radius 3 is 2.72 bits per heavy atom. The molecule has 0 unspecified atom stereocenters. The Hall–Kier alpha value is -3.93. The molecule has 0 aliphatic carbocycles. The molecule has 0 spiro atoms. The summed E-state index contributed by atoms with van der Waals surface area (Å²) in [6, 6.07) is 20.4. The Morgan fingerprint density at radius 2 is 1.90 bits per heavy atom. The Kier molecular flexibility index (Phi) is 4.09. The van der Waals surface area contributed by atoms with Crippen LogP contribution in [0.2, 0.25) is 0 Å². The summed E-state index contributed by atoms with van der Waals surface area (Å²) in [7, 11) is 0. The van der Waals surface area contributed by atoms with Crippen molar-refractivity contribution in [1.82, 2.24) is 15.5 Å². The van der Waals surface area contributed by atoms with Crippen LogP contribution in [0.3, 0.4) is 0 Å². The highest BCUT2D eigenvalue weighted by molar-refractivity contribution is 6.02. The van der Waals surface area contributed by atoms with Gasteiger partial charge in [0.05, 0.1) is 29.6 Å². The lowest BCUT2D eigenvalue weighted by Gasteiger charge is -2.06. The highest BCUT2D eigenvalue weighted by atomic mass is 19.1. The van der Waals surface area contributed by atoms with Gasteiger partial charge in [-0.2, -0.15) is 5.10 Å². The number of fused-ring (bicyclic) bond motifs is 2. The number of aromatic amines is 1. The monoisotopic (exact) mass is 385 g/mol. The standard InChI is InChI=1S/C23H16FN3O2/c24-20-12-21-19(11-18(20)23(28)25-13-17-6-3-9-29-17)22(27-26-21)16-8-7-14-4-1-2-5-15(14)10-16/h1-12H,13H2,(H,25,28)(H,26,27). The second kappa shape index (κ2) is 6.91. The number of hydrogen-bond donors (Lipinski definition) is 2. The van der Waals surface area contributed by atoms with E-state index < -0.39 is 11.7 Å². The number of nitrogens with one attached hydrogen (secondary N) is 2. The summed E-state index contributed by atoms with van der Waals surface area (Å²) in [4.78, 5) is 12.5. The Balaban J connectivity index is 1.53. The van der Waals surface area contributed by atoms with Gasteiger partial charge < -0.3 is 9.73 Å². The van der Waals surface area contributed by atoms with Crippen molar-refractivity contribution in [2.75, 3.05) is 0 Å². The van der Waals surface area contributed by atoms with E-state index in [4.69, 9.17) is 4.42 Å². The maximum Gasteiger partial charge on any atom is 0.254 e. The molecule has 2 aromatic heterocycles. The molecule has 0 fully saturated rings. The average molecular weight is 385 g/mol. The normalized spacial score (nSPS) is 11.2. The molecule has 5 nitrogen and oxygen atoms in total. The minimum absolute atomic E-state index is 0.0347. The molecule has 2 heterocycles. The topological polar surface area (TPSA) is 70.9 Å². The molecule has 0 saturated heterocycles. The smallest absolute Gasteiger partial charge is 0.254 e. The van der Waals surface area contributed by atoms with E-state index in [1.165, 1.54) is 18.4 Å². The van der Waals surface area contributed by atoms with Crippen LogP contribution < -0.4 is 5.32 Å². The van der Waals surface area contributed by atoms with Gasteiger partial charge >= 0.3 is 0 Å². The molecule has 6 heteroatoms. The maximum atomic E-state index is 14.5. The third-order valence-corrected chi connectivity index (χ3v) is 4.92. The average Bonchev–Trinajstić information content (AvgIpc) is 3.40. The maximum absolute atomic E-state index is 14.5. The summed E-state index contributed by atoms with van der Waals surface area (Å²) in [6.07, 6.45) is 1.52. The van der Waals surface area contributed by atoms with Crippen LogP contribution in [-0.4, -0.2) is 16.1 Å². The van der Waals surface area contributed by atoms with Crippen molar-refractivity contribution >= 4 is 27.6 Å². The zero-order valence-corrected chi connectivity index (χ0v) is 15.3. The lowest BCUT2D eigenvalue weighted by atomic mass is 10.0. The van der Waals surface area contributed by atoms with Crippen LogP contribution in [0.25, 0.3) is 32.9 Å². The van der Waals surface area contributed by atoms with E-state index in [0.29, 0.717) is 22.4 Å². The number of rotatable bonds is 4. The summed E-state index contributed by atoms with van der Waals surface area (Å²) in [5.41, 5.74) is 2.06. The van der Waals surface area contributed by atoms with Crippen LogP contribution >= 0.6 is 0 Å². The summed E-state index contributed by atoms with van der Waals surface area (Å²) < 4.78 is 19.7. The molecule has 0 saturated carbocycles. The predicted octanol–water partition coefficient (Wildman–Crippen LogP) is 5.05. The minimum atomic E-state index is -0.608. The fourth-order valence-electron chi connectivity index (χ4n) is 3.44. The van der Waals surface area contributed by atoms with Crippen molar-refractivity contribution in [3.8, 4) is 11.3 Å². The zero-order valence-electron chi connectivity index (χ0n) is 15.3. The van der Waals surface area contributed by atoms with Crippen molar-refractivity contribution in [3.05, 3.63) is 90.1 Å². The number of hydrogen-bond acceptors (Lipinski definition) is 3. The molecule has 29 heavy (non-hydrogen) atoms. The van der Waals surface area contributed by atoms with Crippen molar-refractivity contribution < 1.29 is 13.6 Å². The molecule has 0 bridgehead atoms. The van der Waals surface area contributed by atoms with Crippen LogP contribution in [0.1, 0.15) is 16.1 Å². The largest absolute Gasteiger partial charge is 0.467 e. The fourth-order valence-corrected chi connectivity index (χ4v) is 3.44. The first-order valence-corrected chi connectivity index (χ1v) is 9.16. The second-order valence-corrected chi connectivity index (χ2v) is 6.77. The summed E-state index contributed by atoms with van der Waals surface area (Å²) >= 11 is 0. The Morgan fingerprint density at radius 1 is 1.03 bits per heavy atom. The molecule has 1 amide bonds. The molecule has 2 N–H and O–H groups in total. The van der Waals surface area contributed by atoms with Crippen LogP contribution in [0.5, 0.6) is 0 Å². The number of carbonyl (C=O) groups is 1. The summed E-state index contributed by atoms with van der Waals surface area (Å²) in [5, 5.41) is 12.8. The van der Waals surface area contributed by atoms with Crippen molar-refractivity contribution in [1.29, 1.82) is 0 Å². The van der Waals surface area contributed by atoms with Crippen LogP contribution in [-0.2, 0) is 6.54 Å². The number of H-pyrrole nitrogens is 1. The van der Waals surface area contributed by atoms with E-state index in [1.807, 2.05) is 42.5 Å². The van der Waals surface area contributed by atoms with Gasteiger partial charge in [0.2, 0.25) is 0 Å². The van der Waals surface area contributed by atoms with Crippen molar-refractivity contribution in [3.63, 3.8) is 0 Å². The van der Waals surface area contributed by atoms with E-state index in [9.17, 15) is 9.18 Å². The van der Waals surface area contributed by atoms with Crippen LogP contribution in [0.15, 0.2) is 77.4 Å². The van der Waals surface area contributed by atoms with Crippen molar-refractivity contribution in [2.45, 2.75) is 6.54 Å². The molecular weight excluding hydrogens is 369 g/mol. The predicted molar refractivity (Wildman–Crippen MR) is 109 cm³/mol. The van der Waals surface area contributed by atoms with Gasteiger partial charge in [0.1, 0.15) is 11.6 Å². The molecule has 0 aliphatic heterocycles. The lowest BCUT2D eigenvalue weighted by molar-refractivity contribution is 0.0944. The molecule has 142 valence electrons. The third-order valence-electron chi connectivity index (χ3n) is 4.92. The summed E-state index contributed by atoms with van der Waals surface area (Å²) in [6.45, 7) is 0.187. The van der Waals surface area contributed by atoms with Gasteiger partial charge in [-0.05, 0) is 35.0 Å². The van der Waals surface area contributed by atoms with Gasteiger partial charge in [-0.1, -0.05) is 36.4 Å². The van der Waals surface area contributed by atoms with E-state index in [1.54, 1.807) is 12.1 Å². The number of furan rings is 1. The molecule has 3 aromatic carbocycles. The van der Waals surface area contributed by atoms with Gasteiger partial charge in [0.15, 0.2) is 0 Å². The quantitative estimate of drug-likeness (QED) is 0.455. The Labute approximate surface area is 165 Å². The highest BCUT2D eigenvalue weighted by Gasteiger charge is 2.17. The molecule has 5 aromatic rings. The summed E-state index contributed by atoms with van der Waals surface area (Å²) in [5.74, 6) is -0.519. The molecule has 0 aliphatic rings. The second-order valence-electron chi connectivity index (χ2n) is 6.77. The molecule has 0 atom stereocenters. The van der Waals surface area contributed by atoms with Gasteiger partial charge in [-0.25, -0.2) is 4.39 Å². The number of amides is 1. The van der Waals surface area contributed by atoms with Crippen LogP contribution in [0.4, 0.5) is 4.39 Å². The highest BCUT2D eigenvalue weighted by Crippen LogP contribution is 2.30. The van der Waals surface area contributed by atoms with Crippen molar-refractivity contribution in [2.24, 2.45) is 0 Å². The van der Waals surface area contributed by atoms with Gasteiger partial charge in [-0.15, -0.1) is 0 Å². The van der Waals surface area contributed by atoms with Gasteiger partial charge in [0.25, 0.3) is 5.91 Å². The number of nitrogens with zero attached hydrogens (tertiary/aromatic N) is 1. The van der Waals surface area contributed by atoms with E-state index in [-0.39, 0.29) is 12.1 Å². The number of benzene rings is 3. The Bertz CT molecular complexity index is 1340. The zero-order chi connectivity index (χ0) is 19.8. The van der Waals surface area contributed by atoms with Crippen LogP contribution in [0, 0.1) is 5.82 Å². The fraction of sp³-hybridized carbons (Fsp3) is 0.0435. The lowest BCUT2D eigenvalue weighted by Crippen LogP contribution is -2.23. The number of carbonyl (C=O) groups excluding carboxylic acids is 1. The molecule has 0 radical (unpaired) electrons. The number of halogens is 1. The van der Waals surface area contributed by atoms with E-state index >= 15 is 0 Å². The van der Waals surface area contributed by atoms with E-state index in [2.05, 4.69) is 15.5 Å². The first-order chi connectivity index (χ1) is 14.2. The molecule has 5 rings (SSSR count). The SMILES string of the molecule is O=C(NCc1ccco1)c1cc2c(-c3ccc4ccccc4c3)n[nH]c2cc1F.